The lowest BCUT2D eigenvalue weighted by Crippen LogP contribution is -2.10. The molecule has 0 aliphatic carbocycles. The van der Waals surface area contributed by atoms with E-state index in [1.165, 1.54) is 0 Å². The number of rotatable bonds is 4. The van der Waals surface area contributed by atoms with Gasteiger partial charge in [0.25, 0.3) is 6.47 Å². The number of carbonyl (C=O) groups excluding carboxylic acids is 1. The predicted molar refractivity (Wildman–Crippen MR) is 43.6 cm³/mol. The first-order valence-electron chi connectivity index (χ1n) is 3.82. The van der Waals surface area contributed by atoms with Crippen molar-refractivity contribution in [1.82, 2.24) is 10.2 Å². The molecule has 0 fully saturated rings. The Kier molecular flexibility index (Phi) is 2.85. The van der Waals surface area contributed by atoms with Gasteiger partial charge in [0.05, 0.1) is 5.69 Å². The van der Waals surface area contributed by atoms with Gasteiger partial charge < -0.3 is 4.74 Å². The highest BCUT2D eigenvalue weighted by Gasteiger charge is 2.06. The lowest BCUT2D eigenvalue weighted by atomic mass is 10.1. The van der Waals surface area contributed by atoms with Crippen LogP contribution in [0.4, 0.5) is 0 Å². The summed E-state index contributed by atoms with van der Waals surface area (Å²) in [6.07, 6.45) is 2.44. The molecule has 1 N–H and O–H groups in total. The summed E-state index contributed by atoms with van der Waals surface area (Å²) < 4.78 is 4.75. The van der Waals surface area contributed by atoms with Crippen LogP contribution in [0.3, 0.4) is 0 Å². The maximum atomic E-state index is 9.98. The molecule has 1 aromatic rings. The van der Waals surface area contributed by atoms with E-state index in [4.69, 9.17) is 4.74 Å². The summed E-state index contributed by atoms with van der Waals surface area (Å²) in [4.78, 5) is 9.98. The molecule has 0 saturated heterocycles. The molecule has 0 amide bonds. The largest absolute Gasteiger partial charge is 0.465 e. The molecule has 0 saturated carbocycles. The van der Waals surface area contributed by atoms with E-state index < -0.39 is 0 Å². The Morgan fingerprint density at radius 3 is 3.08 bits per heavy atom. The zero-order chi connectivity index (χ0) is 8.97. The van der Waals surface area contributed by atoms with Crippen LogP contribution in [0, 0.1) is 6.92 Å². The van der Waals surface area contributed by atoms with E-state index in [-0.39, 0.29) is 6.10 Å². The second-order valence-electron chi connectivity index (χ2n) is 2.74. The minimum absolute atomic E-state index is 0.0844. The fourth-order valence-electron chi connectivity index (χ4n) is 1.04. The molecule has 4 heteroatoms. The first kappa shape index (κ1) is 8.77. The van der Waals surface area contributed by atoms with Crippen molar-refractivity contribution in [2.75, 3.05) is 0 Å². The van der Waals surface area contributed by atoms with Gasteiger partial charge in [-0.05, 0) is 19.4 Å². The Labute approximate surface area is 70.9 Å². The molecule has 4 nitrogen and oxygen atoms in total. The number of aromatic amines is 1. The minimum Gasteiger partial charge on any atom is -0.465 e. The molecule has 0 aliphatic heterocycles. The van der Waals surface area contributed by atoms with Gasteiger partial charge in [-0.1, -0.05) is 0 Å². The Morgan fingerprint density at radius 2 is 2.58 bits per heavy atom. The number of hydrogen-bond donors (Lipinski definition) is 1. The molecule has 1 unspecified atom stereocenters. The average molecular weight is 168 g/mol. The monoisotopic (exact) mass is 168 g/mol. The van der Waals surface area contributed by atoms with E-state index in [1.54, 1.807) is 0 Å². The summed E-state index contributed by atoms with van der Waals surface area (Å²) in [5.41, 5.74) is 2.04. The maximum Gasteiger partial charge on any atom is 0.293 e. The summed E-state index contributed by atoms with van der Waals surface area (Å²) in [5.74, 6) is 0. The maximum absolute atomic E-state index is 9.98. The van der Waals surface area contributed by atoms with Crippen molar-refractivity contribution in [3.05, 3.63) is 17.5 Å². The zero-order valence-corrected chi connectivity index (χ0v) is 7.20. The second kappa shape index (κ2) is 3.90. The molecule has 0 spiro atoms. The van der Waals surface area contributed by atoms with Gasteiger partial charge in [-0.3, -0.25) is 9.89 Å². The number of aromatic nitrogens is 2. The molecular formula is C8H12N2O2. The molecular weight excluding hydrogens is 156 g/mol. The summed E-state index contributed by atoms with van der Waals surface area (Å²) in [6.45, 7) is 4.24. The van der Waals surface area contributed by atoms with Crippen LogP contribution in [0.2, 0.25) is 0 Å². The Morgan fingerprint density at radius 1 is 1.83 bits per heavy atom. The van der Waals surface area contributed by atoms with Crippen molar-refractivity contribution in [1.29, 1.82) is 0 Å². The van der Waals surface area contributed by atoms with E-state index in [1.807, 2.05) is 20.0 Å². The average Bonchev–Trinajstić information content (AvgIpc) is 2.37. The van der Waals surface area contributed by atoms with Gasteiger partial charge in [0.2, 0.25) is 0 Å². The minimum atomic E-state index is -0.0844. The third-order valence-electron chi connectivity index (χ3n) is 1.73. The number of H-pyrrole nitrogens is 1. The van der Waals surface area contributed by atoms with Crippen LogP contribution in [-0.4, -0.2) is 22.8 Å². The van der Waals surface area contributed by atoms with Crippen LogP contribution >= 0.6 is 0 Å². The quantitative estimate of drug-likeness (QED) is 0.677. The van der Waals surface area contributed by atoms with E-state index in [2.05, 4.69) is 10.2 Å². The van der Waals surface area contributed by atoms with Crippen LogP contribution in [0.25, 0.3) is 0 Å². The molecule has 0 bridgehead atoms. The fourth-order valence-corrected chi connectivity index (χ4v) is 1.04. The highest BCUT2D eigenvalue weighted by atomic mass is 16.5. The molecule has 1 rings (SSSR count). The Hall–Kier alpha value is -1.32. The number of carbonyl (C=O) groups is 1. The third kappa shape index (κ3) is 2.08. The van der Waals surface area contributed by atoms with E-state index in [0.29, 0.717) is 12.9 Å². The van der Waals surface area contributed by atoms with E-state index in [0.717, 1.165) is 11.3 Å². The Bertz CT molecular complexity index is 257. The van der Waals surface area contributed by atoms with Gasteiger partial charge in [0, 0.05) is 12.6 Å². The van der Waals surface area contributed by atoms with E-state index in [9.17, 15) is 4.79 Å². The van der Waals surface area contributed by atoms with Gasteiger partial charge in [-0.2, -0.15) is 5.10 Å². The summed E-state index contributed by atoms with van der Waals surface area (Å²) in [7, 11) is 0. The second-order valence-corrected chi connectivity index (χ2v) is 2.74. The zero-order valence-electron chi connectivity index (χ0n) is 7.20. The van der Waals surface area contributed by atoms with Gasteiger partial charge in [0.1, 0.15) is 6.10 Å². The number of hydrogen-bond acceptors (Lipinski definition) is 3. The molecule has 1 atom stereocenters. The molecule has 0 aromatic carbocycles. The van der Waals surface area contributed by atoms with Crippen molar-refractivity contribution in [3.63, 3.8) is 0 Å². The van der Waals surface area contributed by atoms with Crippen molar-refractivity contribution in [2.45, 2.75) is 26.4 Å². The highest BCUT2D eigenvalue weighted by Crippen LogP contribution is 2.07. The number of nitrogens with one attached hydrogen (secondary N) is 1. The molecule has 1 heterocycles. The van der Waals surface area contributed by atoms with Crippen molar-refractivity contribution >= 4 is 6.47 Å². The lowest BCUT2D eigenvalue weighted by molar-refractivity contribution is -0.132. The topological polar surface area (TPSA) is 55.0 Å². The van der Waals surface area contributed by atoms with Crippen LogP contribution in [0.1, 0.15) is 18.2 Å². The van der Waals surface area contributed by atoms with Crippen molar-refractivity contribution in [3.8, 4) is 0 Å². The molecule has 0 aliphatic rings. The number of aryl methyl sites for hydroxylation is 1. The SMILES string of the molecule is Cc1n[nH]cc1CC(C)OC=O. The fraction of sp³-hybridized carbons (Fsp3) is 0.500. The normalized spacial score (nSPS) is 12.5. The third-order valence-corrected chi connectivity index (χ3v) is 1.73. The number of ether oxygens (including phenoxy) is 1. The van der Waals surface area contributed by atoms with Crippen molar-refractivity contribution < 1.29 is 9.53 Å². The molecule has 12 heavy (non-hydrogen) atoms. The molecule has 66 valence electrons. The summed E-state index contributed by atoms with van der Waals surface area (Å²) >= 11 is 0. The first-order valence-corrected chi connectivity index (χ1v) is 3.82. The van der Waals surface area contributed by atoms with Crippen LogP contribution in [-0.2, 0) is 16.0 Å². The van der Waals surface area contributed by atoms with Gasteiger partial charge in [0.15, 0.2) is 0 Å². The molecule has 1 aromatic heterocycles. The highest BCUT2D eigenvalue weighted by molar-refractivity contribution is 5.37. The summed E-state index contributed by atoms with van der Waals surface area (Å²) in [6, 6.07) is 0. The predicted octanol–water partition coefficient (Wildman–Crippen LogP) is 0.822. The van der Waals surface area contributed by atoms with Crippen LogP contribution < -0.4 is 0 Å². The smallest absolute Gasteiger partial charge is 0.293 e. The van der Waals surface area contributed by atoms with Crippen LogP contribution in [0.5, 0.6) is 0 Å². The van der Waals surface area contributed by atoms with Gasteiger partial charge in [-0.25, -0.2) is 0 Å². The standard InChI is InChI=1S/C8H12N2O2/c1-6(12-5-11)3-8-4-9-10-7(8)2/h4-6H,3H2,1-2H3,(H,9,10). The summed E-state index contributed by atoms with van der Waals surface area (Å²) in [5, 5.41) is 6.71. The van der Waals surface area contributed by atoms with Gasteiger partial charge >= 0.3 is 0 Å². The lowest BCUT2D eigenvalue weighted by Gasteiger charge is -2.07. The molecule has 0 radical (unpaired) electrons. The van der Waals surface area contributed by atoms with Gasteiger partial charge in [-0.15, -0.1) is 0 Å². The Balaban J connectivity index is 2.51. The number of nitrogens with zero attached hydrogens (tertiary/aromatic N) is 1. The first-order chi connectivity index (χ1) is 5.74. The van der Waals surface area contributed by atoms with Crippen molar-refractivity contribution in [2.24, 2.45) is 0 Å². The van der Waals surface area contributed by atoms with Crippen LogP contribution in [0.15, 0.2) is 6.20 Å². The van der Waals surface area contributed by atoms with E-state index >= 15 is 0 Å².